The Kier molecular flexibility index (Phi) is 17.5. The Morgan fingerprint density at radius 3 is 0.548 bits per heavy atom. The van der Waals surface area contributed by atoms with Crippen LogP contribution in [0.15, 0.2) is 97.6 Å². The summed E-state index contributed by atoms with van der Waals surface area (Å²) >= 11 is 2.17. The first-order valence-corrected chi connectivity index (χ1v) is 26.3. The van der Waals surface area contributed by atoms with Gasteiger partial charge in [0.05, 0.1) is 0 Å². The number of hydrogen-bond acceptors (Lipinski definition) is 0. The fraction of sp³-hybridized carbons (Fsp3) is 0.444. The van der Waals surface area contributed by atoms with E-state index < -0.39 is 0 Å². The second-order valence-electron chi connectivity index (χ2n) is 19.1. The van der Waals surface area contributed by atoms with Gasteiger partial charge in [-0.1, -0.05) is 0 Å². The Bertz CT molecular complexity index is 2140. The van der Waals surface area contributed by atoms with Crippen LogP contribution in [0.3, 0.4) is 0 Å². The van der Waals surface area contributed by atoms with Crippen molar-refractivity contribution in [2.75, 3.05) is 0 Å². The molecule has 0 amide bonds. The third kappa shape index (κ3) is 10.4. The van der Waals surface area contributed by atoms with Gasteiger partial charge < -0.3 is 0 Å². The summed E-state index contributed by atoms with van der Waals surface area (Å²) in [5.41, 5.74) is 15.9. The molecule has 6 rings (SSSR count). The molecule has 0 radical (unpaired) electrons. The average Bonchev–Trinajstić information content (AvgIpc) is 3.86. The number of hydrogen-bond donors (Lipinski definition) is 0. The van der Waals surface area contributed by atoms with E-state index in [1.54, 1.807) is 0 Å². The summed E-state index contributed by atoms with van der Waals surface area (Å²) in [5.74, 6) is 3.40. The molecule has 2 aromatic heterocycles. The van der Waals surface area contributed by atoms with E-state index in [1.165, 1.54) is 67.3 Å². The molecule has 0 aliphatic heterocycles. The molecule has 0 aliphatic rings. The minimum atomic E-state index is 0.425. The first-order valence-electron chi connectivity index (χ1n) is 22.6. The number of nitrogens with zero attached hydrogens (tertiary/aromatic N) is 4. The summed E-state index contributed by atoms with van der Waals surface area (Å²) < 4.78 is 11.3. The standard InChI is InChI=1S/2C27H36N2.2ClH.2Ni/c2*1-18(2)22-11-9-12-23(19(3)4)26(22)28-15-16-29(17-28)27-24(20(5)6)13-10-14-25(27)21(7)8;;;;/h2*9-16,18-21H,1-8H3;2*1H;;/q;;;;2*+1/p-2. The predicted molar refractivity (Wildman–Crippen MR) is 261 cm³/mol. The van der Waals surface area contributed by atoms with E-state index >= 15 is 0 Å². The molecule has 0 spiro atoms. The van der Waals surface area contributed by atoms with Crippen molar-refractivity contribution in [1.82, 2.24) is 18.3 Å². The molecule has 0 saturated carbocycles. The van der Waals surface area contributed by atoms with E-state index in [2.05, 4.69) is 227 Å². The molecule has 0 unspecified atom stereocenters. The summed E-state index contributed by atoms with van der Waals surface area (Å²) in [4.78, 5) is 0. The van der Waals surface area contributed by atoms with E-state index in [0.29, 0.717) is 47.3 Å². The van der Waals surface area contributed by atoms with Gasteiger partial charge in [0.25, 0.3) is 0 Å². The molecule has 4 nitrogen and oxygen atoms in total. The molecule has 342 valence electrons. The summed E-state index contributed by atoms with van der Waals surface area (Å²) in [6.07, 6.45) is 8.74. The predicted octanol–water partition coefficient (Wildman–Crippen LogP) is 17.1. The molecule has 0 aliphatic carbocycles. The van der Waals surface area contributed by atoms with Crippen LogP contribution < -0.4 is 0 Å². The fourth-order valence-electron chi connectivity index (χ4n) is 8.64. The van der Waals surface area contributed by atoms with Gasteiger partial charge in [-0.25, -0.2) is 0 Å². The monoisotopic (exact) mass is 962 g/mol. The SMILES string of the molecule is CC(C)c1cccc(C(C)C)c1-n1ccn(-c2c(C(C)C)cccc2C(C)C)[c]1=[Ni][Cl].CC(C)c1cccc(C(C)C)c1-n1ccn(-c2c(C(C)C)cccc2C(C)C)[c]1=[Ni][Cl]. The molecule has 6 aromatic rings. The van der Waals surface area contributed by atoms with Gasteiger partial charge in [-0.3, -0.25) is 0 Å². The average molecular weight is 965 g/mol. The van der Waals surface area contributed by atoms with E-state index in [-0.39, 0.29) is 0 Å². The zero-order valence-corrected chi connectivity index (χ0v) is 43.5. The number of aromatic nitrogens is 4. The summed E-state index contributed by atoms with van der Waals surface area (Å²) in [6, 6.07) is 26.8. The van der Waals surface area contributed by atoms with Gasteiger partial charge in [0.15, 0.2) is 0 Å². The van der Waals surface area contributed by atoms with Crippen LogP contribution in [-0.4, -0.2) is 18.3 Å². The molecule has 2 heterocycles. The van der Waals surface area contributed by atoms with Crippen LogP contribution >= 0.6 is 20.4 Å². The van der Waals surface area contributed by atoms with Crippen LogP contribution in [0.4, 0.5) is 0 Å². The molecule has 0 atom stereocenters. The molecule has 0 saturated heterocycles. The number of imidazole rings is 2. The van der Waals surface area contributed by atoms with Gasteiger partial charge in [-0.2, -0.15) is 0 Å². The summed E-state index contributed by atoms with van der Waals surface area (Å²) in [5, 5.41) is 0. The zero-order valence-electron chi connectivity index (χ0n) is 40.0. The van der Waals surface area contributed by atoms with Gasteiger partial charge in [-0.15, -0.1) is 0 Å². The van der Waals surface area contributed by atoms with Crippen LogP contribution in [0.2, 0.25) is 0 Å². The van der Waals surface area contributed by atoms with Crippen molar-refractivity contribution in [3.63, 3.8) is 0 Å². The molecular weight excluding hydrogens is 893 g/mol. The number of halogens is 2. The molecule has 4 aromatic carbocycles. The van der Waals surface area contributed by atoms with Crippen molar-refractivity contribution >= 4 is 20.4 Å². The zero-order chi connectivity index (χ0) is 45.7. The normalized spacial score (nSPS) is 12.2. The van der Waals surface area contributed by atoms with Gasteiger partial charge in [0.1, 0.15) is 0 Å². The molecule has 0 fully saturated rings. The topological polar surface area (TPSA) is 19.7 Å². The first-order chi connectivity index (χ1) is 29.4. The Balaban J connectivity index is 0.000000234. The van der Waals surface area contributed by atoms with Crippen molar-refractivity contribution in [2.45, 2.75) is 158 Å². The van der Waals surface area contributed by atoms with E-state index in [9.17, 15) is 0 Å². The molecule has 62 heavy (non-hydrogen) atoms. The minimum absolute atomic E-state index is 0.425. The third-order valence-electron chi connectivity index (χ3n) is 11.9. The Morgan fingerprint density at radius 2 is 0.435 bits per heavy atom. The van der Waals surface area contributed by atoms with Crippen LogP contribution in [0.5, 0.6) is 0 Å². The van der Waals surface area contributed by atoms with Crippen molar-refractivity contribution in [2.24, 2.45) is 0 Å². The van der Waals surface area contributed by atoms with E-state index in [1.807, 2.05) is 0 Å². The van der Waals surface area contributed by atoms with Gasteiger partial charge in [-0.05, 0) is 0 Å². The Labute approximate surface area is 394 Å². The maximum atomic E-state index is 6.60. The Hall–Kier alpha value is -3.13. The molecule has 8 heteroatoms. The van der Waals surface area contributed by atoms with Crippen molar-refractivity contribution in [3.8, 4) is 22.7 Å². The van der Waals surface area contributed by atoms with E-state index in [4.69, 9.17) is 20.4 Å². The van der Waals surface area contributed by atoms with Gasteiger partial charge >= 0.3 is 397 Å². The third-order valence-corrected chi connectivity index (χ3v) is 14.1. The molecule has 0 N–H and O–H groups in total. The van der Waals surface area contributed by atoms with Crippen molar-refractivity contribution in [1.29, 1.82) is 0 Å². The van der Waals surface area contributed by atoms with Crippen LogP contribution in [0.1, 0.15) is 203 Å². The molecular formula is C54H72Cl2N4Ni2. The summed E-state index contributed by atoms with van der Waals surface area (Å²) in [6.45, 7) is 36.2. The van der Waals surface area contributed by atoms with Gasteiger partial charge in [0.2, 0.25) is 0 Å². The number of benzene rings is 4. The van der Waals surface area contributed by atoms with Crippen LogP contribution in [-0.2, 0) is 26.2 Å². The maximum absolute atomic E-state index is 6.60. The fourth-order valence-corrected chi connectivity index (χ4v) is 10.7. The van der Waals surface area contributed by atoms with Gasteiger partial charge in [0, 0.05) is 0 Å². The van der Waals surface area contributed by atoms with Crippen molar-refractivity contribution < 1.29 is 26.2 Å². The second kappa shape index (κ2) is 21.7. The number of para-hydroxylation sites is 4. The second-order valence-corrected chi connectivity index (χ2v) is 21.3. The van der Waals surface area contributed by atoms with E-state index in [0.717, 1.165) is 35.0 Å². The first kappa shape index (κ1) is 49.9. The summed E-state index contributed by atoms with van der Waals surface area (Å²) in [7, 11) is 13.2. The Morgan fingerprint density at radius 1 is 0.290 bits per heavy atom. The van der Waals surface area contributed by atoms with Crippen molar-refractivity contribution in [3.05, 3.63) is 151 Å². The quantitative estimate of drug-likeness (QED) is 0.109. The molecule has 0 bridgehead atoms. The van der Waals surface area contributed by atoms with Crippen LogP contribution in [0, 0.1) is 8.79 Å². The number of rotatable bonds is 12. The van der Waals surface area contributed by atoms with Crippen LogP contribution in [0.25, 0.3) is 22.7 Å².